The van der Waals surface area contributed by atoms with Crippen molar-refractivity contribution in [3.8, 4) is 11.3 Å². The normalized spacial score (nSPS) is 17.2. The van der Waals surface area contributed by atoms with Crippen LogP contribution in [0.15, 0.2) is 36.7 Å². The zero-order valence-corrected chi connectivity index (χ0v) is 17.6. The van der Waals surface area contributed by atoms with Crippen molar-refractivity contribution in [1.82, 2.24) is 20.3 Å². The summed E-state index contributed by atoms with van der Waals surface area (Å²) in [6.07, 6.45) is 4.66. The highest BCUT2D eigenvalue weighted by Gasteiger charge is 2.26. The van der Waals surface area contributed by atoms with Gasteiger partial charge < -0.3 is 15.2 Å². The van der Waals surface area contributed by atoms with Crippen molar-refractivity contribution in [3.63, 3.8) is 0 Å². The van der Waals surface area contributed by atoms with Crippen LogP contribution in [-0.4, -0.2) is 46.4 Å². The average Bonchev–Trinajstić information content (AvgIpc) is 3.33. The molecule has 0 saturated carbocycles. The van der Waals surface area contributed by atoms with Crippen LogP contribution in [0.4, 0.5) is 5.69 Å². The molecule has 3 heterocycles. The minimum atomic E-state index is -0.467. The van der Waals surface area contributed by atoms with Gasteiger partial charge in [-0.15, -0.1) is 0 Å². The Labute approximate surface area is 171 Å². The van der Waals surface area contributed by atoms with E-state index in [4.69, 9.17) is 4.98 Å². The smallest absolute Gasteiger partial charge is 0.171 e. The van der Waals surface area contributed by atoms with Crippen LogP contribution in [-0.2, 0) is 0 Å². The summed E-state index contributed by atoms with van der Waals surface area (Å²) in [5.41, 5.74) is 4.41. The number of aromatic amines is 1. The van der Waals surface area contributed by atoms with E-state index < -0.39 is 5.41 Å². The number of likely N-dealkylation sites (N-methyl/N-ethyl adjacent to an activating group) is 1. The van der Waals surface area contributed by atoms with Crippen LogP contribution in [0.1, 0.15) is 44.5 Å². The summed E-state index contributed by atoms with van der Waals surface area (Å²) in [6, 6.07) is 8.98. The monoisotopic (exact) mass is 391 g/mol. The molecule has 0 radical (unpaired) electrons. The minimum absolute atomic E-state index is 0.0653. The Kier molecular flexibility index (Phi) is 5.13. The highest BCUT2D eigenvalue weighted by molar-refractivity contribution is 6.08. The standard InChI is InChI=1S/C23H29N5O/c1-5-24-16-9-10-28(14-16)17-8-6-7-15(11-17)19-13-26-22-20(27-19)18(12-25-22)21(29)23(2,3)4/h6-8,11-13,16,24H,5,9-10,14H2,1-4H3,(H,25,26). The van der Waals surface area contributed by atoms with Crippen LogP contribution in [0.25, 0.3) is 22.4 Å². The van der Waals surface area contributed by atoms with Crippen LogP contribution < -0.4 is 10.2 Å². The predicted molar refractivity (Wildman–Crippen MR) is 117 cm³/mol. The van der Waals surface area contributed by atoms with Crippen LogP contribution >= 0.6 is 0 Å². The van der Waals surface area contributed by atoms with E-state index >= 15 is 0 Å². The van der Waals surface area contributed by atoms with Gasteiger partial charge in [-0.05, 0) is 25.1 Å². The molecule has 152 valence electrons. The number of Topliss-reactive ketones (excluding diaryl/α,β-unsaturated/α-hetero) is 1. The molecule has 1 saturated heterocycles. The molecule has 0 amide bonds. The molecule has 1 aromatic carbocycles. The fraction of sp³-hybridized carbons (Fsp3) is 0.435. The second-order valence-electron chi connectivity index (χ2n) is 8.77. The Morgan fingerprint density at radius 1 is 1.34 bits per heavy atom. The Balaban J connectivity index is 1.66. The number of nitrogens with one attached hydrogen (secondary N) is 2. The third-order valence-corrected chi connectivity index (χ3v) is 5.49. The van der Waals surface area contributed by atoms with E-state index in [2.05, 4.69) is 51.4 Å². The summed E-state index contributed by atoms with van der Waals surface area (Å²) in [5, 5.41) is 3.54. The average molecular weight is 392 g/mol. The number of hydrogen-bond acceptors (Lipinski definition) is 5. The molecule has 2 aromatic heterocycles. The second-order valence-corrected chi connectivity index (χ2v) is 8.77. The highest BCUT2D eigenvalue weighted by Crippen LogP contribution is 2.29. The van der Waals surface area contributed by atoms with E-state index in [0.29, 0.717) is 22.8 Å². The molecule has 0 spiro atoms. The number of anilines is 1. The van der Waals surface area contributed by atoms with Crippen molar-refractivity contribution in [1.29, 1.82) is 0 Å². The molecule has 1 aliphatic rings. The van der Waals surface area contributed by atoms with Gasteiger partial charge in [0.25, 0.3) is 0 Å². The van der Waals surface area contributed by atoms with Gasteiger partial charge in [-0.3, -0.25) is 4.79 Å². The zero-order valence-electron chi connectivity index (χ0n) is 17.6. The summed E-state index contributed by atoms with van der Waals surface area (Å²) >= 11 is 0. The summed E-state index contributed by atoms with van der Waals surface area (Å²) in [4.78, 5) is 27.6. The fourth-order valence-corrected chi connectivity index (χ4v) is 3.92. The SMILES string of the molecule is CCNC1CCN(c2cccc(-c3cnc4[nH]cc(C(=O)C(C)(C)C)c4n3)c2)C1. The van der Waals surface area contributed by atoms with Crippen LogP contribution in [0.5, 0.6) is 0 Å². The lowest BCUT2D eigenvalue weighted by Crippen LogP contribution is -2.32. The summed E-state index contributed by atoms with van der Waals surface area (Å²) in [5.74, 6) is 0.0653. The van der Waals surface area contributed by atoms with Gasteiger partial charge >= 0.3 is 0 Å². The number of carbonyl (C=O) groups excluding carboxylic acids is 1. The van der Waals surface area contributed by atoms with Crippen molar-refractivity contribution >= 4 is 22.6 Å². The maximum absolute atomic E-state index is 12.8. The fourth-order valence-electron chi connectivity index (χ4n) is 3.92. The van der Waals surface area contributed by atoms with E-state index in [1.165, 1.54) is 5.69 Å². The predicted octanol–water partition coefficient (Wildman–Crippen LogP) is 4.04. The molecule has 0 aliphatic carbocycles. The van der Waals surface area contributed by atoms with Gasteiger partial charge in [0.2, 0.25) is 0 Å². The molecule has 1 unspecified atom stereocenters. The zero-order chi connectivity index (χ0) is 20.6. The van der Waals surface area contributed by atoms with E-state index in [-0.39, 0.29) is 5.78 Å². The van der Waals surface area contributed by atoms with Crippen molar-refractivity contribution in [2.24, 2.45) is 5.41 Å². The van der Waals surface area contributed by atoms with Crippen LogP contribution in [0.3, 0.4) is 0 Å². The number of H-pyrrole nitrogens is 1. The van der Waals surface area contributed by atoms with E-state index in [9.17, 15) is 4.79 Å². The minimum Gasteiger partial charge on any atom is -0.370 e. The molecule has 1 aliphatic heterocycles. The molecule has 6 heteroatoms. The Bertz CT molecular complexity index is 1030. The van der Waals surface area contributed by atoms with E-state index in [1.807, 2.05) is 20.8 Å². The molecule has 1 atom stereocenters. The number of benzene rings is 1. The number of fused-ring (bicyclic) bond motifs is 1. The molecule has 6 nitrogen and oxygen atoms in total. The van der Waals surface area contributed by atoms with Crippen molar-refractivity contribution in [2.75, 3.05) is 24.5 Å². The maximum Gasteiger partial charge on any atom is 0.171 e. The molecular weight excluding hydrogens is 362 g/mol. The lowest BCUT2D eigenvalue weighted by Gasteiger charge is -2.19. The Morgan fingerprint density at radius 3 is 2.93 bits per heavy atom. The molecular formula is C23H29N5O. The highest BCUT2D eigenvalue weighted by atomic mass is 16.1. The quantitative estimate of drug-likeness (QED) is 0.642. The van der Waals surface area contributed by atoms with Gasteiger partial charge in [-0.2, -0.15) is 0 Å². The first-order valence-corrected chi connectivity index (χ1v) is 10.3. The molecule has 1 fully saturated rings. The largest absolute Gasteiger partial charge is 0.370 e. The number of rotatable bonds is 5. The summed E-state index contributed by atoms with van der Waals surface area (Å²) < 4.78 is 0. The summed E-state index contributed by atoms with van der Waals surface area (Å²) in [7, 11) is 0. The van der Waals surface area contributed by atoms with Gasteiger partial charge in [0.1, 0.15) is 5.52 Å². The number of aromatic nitrogens is 3. The lowest BCUT2D eigenvalue weighted by atomic mass is 9.87. The third-order valence-electron chi connectivity index (χ3n) is 5.49. The first-order chi connectivity index (χ1) is 13.9. The Morgan fingerprint density at radius 2 is 2.17 bits per heavy atom. The van der Waals surface area contributed by atoms with Crippen molar-refractivity contribution in [3.05, 3.63) is 42.2 Å². The van der Waals surface area contributed by atoms with Gasteiger partial charge in [-0.1, -0.05) is 39.8 Å². The van der Waals surface area contributed by atoms with Crippen molar-refractivity contribution < 1.29 is 4.79 Å². The Hall–Kier alpha value is -2.73. The molecule has 4 rings (SSSR count). The topological polar surface area (TPSA) is 73.9 Å². The van der Waals surface area contributed by atoms with Gasteiger partial charge in [0, 0.05) is 42.0 Å². The summed E-state index contributed by atoms with van der Waals surface area (Å²) in [6.45, 7) is 11.0. The number of carbonyl (C=O) groups is 1. The van der Waals surface area contributed by atoms with Gasteiger partial charge in [0.05, 0.1) is 17.5 Å². The first-order valence-electron chi connectivity index (χ1n) is 10.3. The maximum atomic E-state index is 12.8. The van der Waals surface area contributed by atoms with Gasteiger partial charge in [-0.25, -0.2) is 9.97 Å². The number of hydrogen-bond donors (Lipinski definition) is 2. The molecule has 3 aromatic rings. The molecule has 29 heavy (non-hydrogen) atoms. The molecule has 2 N–H and O–H groups in total. The van der Waals surface area contributed by atoms with E-state index in [0.717, 1.165) is 37.3 Å². The third kappa shape index (κ3) is 3.90. The van der Waals surface area contributed by atoms with Gasteiger partial charge in [0.15, 0.2) is 11.4 Å². The van der Waals surface area contributed by atoms with Crippen molar-refractivity contribution in [2.45, 2.75) is 40.2 Å². The number of nitrogens with zero attached hydrogens (tertiary/aromatic N) is 3. The molecule has 0 bridgehead atoms. The van der Waals surface area contributed by atoms with E-state index in [1.54, 1.807) is 12.4 Å². The van der Waals surface area contributed by atoms with Crippen LogP contribution in [0, 0.1) is 5.41 Å². The van der Waals surface area contributed by atoms with Crippen LogP contribution in [0.2, 0.25) is 0 Å². The first kappa shape index (κ1) is 19.6. The number of ketones is 1. The lowest BCUT2D eigenvalue weighted by molar-refractivity contribution is 0.0860. The second kappa shape index (κ2) is 7.59.